The molecule has 21 heavy (non-hydrogen) atoms. The summed E-state index contributed by atoms with van der Waals surface area (Å²) in [6.07, 6.45) is 6.34. The highest BCUT2D eigenvalue weighted by Gasteiger charge is 2.30. The molecule has 1 unspecified atom stereocenters. The Hall–Kier alpha value is -1.14. The Balaban J connectivity index is 2.31. The average Bonchev–Trinajstić information content (AvgIpc) is 2.39. The molecule has 0 aromatic carbocycles. The van der Waals surface area contributed by atoms with Crippen LogP contribution < -0.4 is 11.1 Å². The molecule has 0 spiro atoms. The second kappa shape index (κ2) is 8.34. The SMILES string of the molecule is Cc1cnc(SCCCCC(C)(NC(C)C)C(N)=O)nc1. The van der Waals surface area contributed by atoms with E-state index >= 15 is 0 Å². The molecule has 0 aliphatic carbocycles. The number of carbonyl (C=O) groups excluding carboxylic acids is 1. The minimum absolute atomic E-state index is 0.234. The highest BCUT2D eigenvalue weighted by molar-refractivity contribution is 7.99. The van der Waals surface area contributed by atoms with Gasteiger partial charge < -0.3 is 11.1 Å². The number of amides is 1. The standard InChI is InChI=1S/C15H26N4OS/c1-11(2)19-15(4,13(16)20)7-5-6-8-21-14-17-9-12(3)10-18-14/h9-11,19H,5-8H2,1-4H3,(H2,16,20). The number of nitrogens with one attached hydrogen (secondary N) is 1. The number of aromatic nitrogens is 2. The fraction of sp³-hybridized carbons (Fsp3) is 0.667. The number of hydrogen-bond acceptors (Lipinski definition) is 5. The third kappa shape index (κ3) is 6.44. The summed E-state index contributed by atoms with van der Waals surface area (Å²) in [5.74, 6) is 0.658. The monoisotopic (exact) mass is 310 g/mol. The van der Waals surface area contributed by atoms with E-state index in [0.29, 0.717) is 0 Å². The van der Waals surface area contributed by atoms with E-state index < -0.39 is 5.54 Å². The fourth-order valence-corrected chi connectivity index (χ4v) is 2.89. The smallest absolute Gasteiger partial charge is 0.237 e. The summed E-state index contributed by atoms with van der Waals surface area (Å²) >= 11 is 1.64. The summed E-state index contributed by atoms with van der Waals surface area (Å²) in [7, 11) is 0. The van der Waals surface area contributed by atoms with E-state index in [1.54, 1.807) is 11.8 Å². The van der Waals surface area contributed by atoms with Gasteiger partial charge >= 0.3 is 0 Å². The zero-order valence-corrected chi connectivity index (χ0v) is 14.2. The van der Waals surface area contributed by atoms with Gasteiger partial charge in [-0.2, -0.15) is 0 Å². The largest absolute Gasteiger partial charge is 0.368 e. The van der Waals surface area contributed by atoms with E-state index in [1.807, 2.05) is 40.1 Å². The fourth-order valence-electron chi connectivity index (χ4n) is 2.10. The van der Waals surface area contributed by atoms with Crippen LogP contribution in [0.5, 0.6) is 0 Å². The van der Waals surface area contributed by atoms with E-state index in [1.165, 1.54) is 0 Å². The quantitative estimate of drug-likeness (QED) is 0.415. The van der Waals surface area contributed by atoms with Crippen molar-refractivity contribution in [1.82, 2.24) is 15.3 Å². The van der Waals surface area contributed by atoms with Crippen LogP contribution in [0.3, 0.4) is 0 Å². The van der Waals surface area contributed by atoms with Gasteiger partial charge in [-0.15, -0.1) is 0 Å². The lowest BCUT2D eigenvalue weighted by Crippen LogP contribution is -2.55. The second-order valence-corrected chi connectivity index (χ2v) is 6.91. The highest BCUT2D eigenvalue weighted by Crippen LogP contribution is 2.18. The first-order valence-electron chi connectivity index (χ1n) is 7.32. The van der Waals surface area contributed by atoms with Crippen LogP contribution in [-0.2, 0) is 4.79 Å². The van der Waals surface area contributed by atoms with Crippen molar-refractivity contribution in [3.8, 4) is 0 Å². The third-order valence-corrected chi connectivity index (χ3v) is 4.17. The zero-order chi connectivity index (χ0) is 15.9. The molecule has 0 radical (unpaired) electrons. The summed E-state index contributed by atoms with van der Waals surface area (Å²) in [5, 5.41) is 4.07. The summed E-state index contributed by atoms with van der Waals surface area (Å²) in [5.41, 5.74) is 5.95. The maximum absolute atomic E-state index is 11.6. The predicted octanol–water partition coefficient (Wildman–Crippen LogP) is 2.29. The molecule has 0 saturated heterocycles. The minimum atomic E-state index is -0.626. The maximum Gasteiger partial charge on any atom is 0.237 e. The molecule has 0 aliphatic heterocycles. The van der Waals surface area contributed by atoms with Gasteiger partial charge in [-0.3, -0.25) is 4.79 Å². The maximum atomic E-state index is 11.6. The molecular weight excluding hydrogens is 284 g/mol. The normalized spacial score (nSPS) is 14.1. The molecule has 6 heteroatoms. The number of nitrogens with zero attached hydrogens (tertiary/aromatic N) is 2. The van der Waals surface area contributed by atoms with Crippen LogP contribution in [0.1, 0.15) is 45.6 Å². The molecule has 1 aromatic heterocycles. The first kappa shape index (κ1) is 17.9. The van der Waals surface area contributed by atoms with Gasteiger partial charge in [0.2, 0.25) is 5.91 Å². The zero-order valence-electron chi connectivity index (χ0n) is 13.3. The molecule has 0 saturated carbocycles. The Bertz CT molecular complexity index is 449. The van der Waals surface area contributed by atoms with Crippen LogP contribution in [0.25, 0.3) is 0 Å². The lowest BCUT2D eigenvalue weighted by Gasteiger charge is -2.29. The van der Waals surface area contributed by atoms with Crippen LogP contribution >= 0.6 is 11.8 Å². The van der Waals surface area contributed by atoms with Crippen molar-refractivity contribution in [3.63, 3.8) is 0 Å². The van der Waals surface area contributed by atoms with E-state index in [4.69, 9.17) is 5.73 Å². The van der Waals surface area contributed by atoms with Gasteiger partial charge in [0.25, 0.3) is 0 Å². The van der Waals surface area contributed by atoms with Gasteiger partial charge in [0.1, 0.15) is 0 Å². The summed E-state index contributed by atoms with van der Waals surface area (Å²) in [4.78, 5) is 20.1. The molecule has 1 atom stereocenters. The predicted molar refractivity (Wildman–Crippen MR) is 87.2 cm³/mol. The van der Waals surface area contributed by atoms with Crippen molar-refractivity contribution in [3.05, 3.63) is 18.0 Å². The van der Waals surface area contributed by atoms with Crippen molar-refractivity contribution in [2.45, 2.75) is 63.7 Å². The molecule has 1 rings (SSSR count). The molecule has 1 amide bonds. The lowest BCUT2D eigenvalue weighted by molar-refractivity contribution is -0.124. The van der Waals surface area contributed by atoms with Crippen LogP contribution in [0, 0.1) is 6.92 Å². The summed E-state index contributed by atoms with van der Waals surface area (Å²) in [6.45, 7) is 7.89. The van der Waals surface area contributed by atoms with Gasteiger partial charge in [0, 0.05) is 24.2 Å². The minimum Gasteiger partial charge on any atom is -0.368 e. The Kier molecular flexibility index (Phi) is 7.11. The number of thioether (sulfide) groups is 1. The van der Waals surface area contributed by atoms with Gasteiger partial charge in [0.15, 0.2) is 5.16 Å². The van der Waals surface area contributed by atoms with E-state index in [2.05, 4.69) is 15.3 Å². The number of unbranched alkanes of at least 4 members (excludes halogenated alkanes) is 1. The Morgan fingerprint density at radius 1 is 1.38 bits per heavy atom. The summed E-state index contributed by atoms with van der Waals surface area (Å²) < 4.78 is 0. The Labute approximate surface area is 131 Å². The molecule has 0 bridgehead atoms. The van der Waals surface area contributed by atoms with E-state index in [0.717, 1.165) is 35.7 Å². The first-order chi connectivity index (χ1) is 9.83. The van der Waals surface area contributed by atoms with Gasteiger partial charge in [-0.25, -0.2) is 9.97 Å². The molecule has 118 valence electrons. The van der Waals surface area contributed by atoms with Crippen LogP contribution in [0.2, 0.25) is 0 Å². The topological polar surface area (TPSA) is 80.9 Å². The molecule has 0 fully saturated rings. The Morgan fingerprint density at radius 3 is 2.52 bits per heavy atom. The number of hydrogen-bond donors (Lipinski definition) is 2. The lowest BCUT2D eigenvalue weighted by atomic mass is 9.93. The number of carbonyl (C=O) groups is 1. The Morgan fingerprint density at radius 2 is 2.00 bits per heavy atom. The van der Waals surface area contributed by atoms with Crippen LogP contribution in [0.4, 0.5) is 0 Å². The van der Waals surface area contributed by atoms with Crippen molar-refractivity contribution in [1.29, 1.82) is 0 Å². The molecule has 1 heterocycles. The second-order valence-electron chi connectivity index (χ2n) is 5.84. The van der Waals surface area contributed by atoms with Gasteiger partial charge in [-0.1, -0.05) is 18.2 Å². The average molecular weight is 310 g/mol. The molecule has 0 aliphatic rings. The van der Waals surface area contributed by atoms with Crippen LogP contribution in [-0.4, -0.2) is 33.2 Å². The van der Waals surface area contributed by atoms with Crippen molar-refractivity contribution in [2.24, 2.45) is 5.73 Å². The molecular formula is C15H26N4OS. The number of nitrogens with two attached hydrogens (primary N) is 1. The number of rotatable bonds is 9. The highest BCUT2D eigenvalue weighted by atomic mass is 32.2. The third-order valence-electron chi connectivity index (χ3n) is 3.21. The van der Waals surface area contributed by atoms with Crippen molar-refractivity contribution < 1.29 is 4.79 Å². The molecule has 3 N–H and O–H groups in total. The van der Waals surface area contributed by atoms with Gasteiger partial charge in [-0.05, 0) is 46.1 Å². The van der Waals surface area contributed by atoms with Crippen molar-refractivity contribution in [2.75, 3.05) is 5.75 Å². The van der Waals surface area contributed by atoms with E-state index in [-0.39, 0.29) is 11.9 Å². The molecule has 1 aromatic rings. The van der Waals surface area contributed by atoms with Gasteiger partial charge in [0.05, 0.1) is 5.54 Å². The number of primary amides is 1. The number of aryl methyl sites for hydroxylation is 1. The van der Waals surface area contributed by atoms with Crippen LogP contribution in [0.15, 0.2) is 17.6 Å². The van der Waals surface area contributed by atoms with E-state index in [9.17, 15) is 4.79 Å². The summed E-state index contributed by atoms with van der Waals surface area (Å²) in [6, 6.07) is 0.234. The van der Waals surface area contributed by atoms with Crippen molar-refractivity contribution >= 4 is 17.7 Å². The molecule has 5 nitrogen and oxygen atoms in total. The first-order valence-corrected chi connectivity index (χ1v) is 8.31.